The van der Waals surface area contributed by atoms with Gasteiger partial charge in [-0.25, -0.2) is 4.39 Å². The molecule has 0 spiro atoms. The van der Waals surface area contributed by atoms with Crippen LogP contribution in [0.4, 0.5) is 4.39 Å². The molecular formula is C16H16FNO. The molecule has 98 valence electrons. The molecule has 2 aromatic carbocycles. The molecule has 0 bridgehead atoms. The van der Waals surface area contributed by atoms with Crippen LogP contribution in [0, 0.1) is 5.82 Å². The maximum absolute atomic E-state index is 13.2. The summed E-state index contributed by atoms with van der Waals surface area (Å²) in [5.41, 5.74) is 2.56. The van der Waals surface area contributed by atoms with E-state index in [-0.39, 0.29) is 18.0 Å². The van der Waals surface area contributed by atoms with E-state index in [4.69, 9.17) is 4.74 Å². The first kappa shape index (κ1) is 12.2. The van der Waals surface area contributed by atoms with Crippen molar-refractivity contribution in [1.82, 2.24) is 5.32 Å². The van der Waals surface area contributed by atoms with Crippen LogP contribution < -0.4 is 10.1 Å². The molecule has 2 aromatic rings. The maximum atomic E-state index is 13.2. The normalized spacial score (nSPS) is 21.2. The molecule has 0 amide bonds. The van der Waals surface area contributed by atoms with Crippen LogP contribution in [-0.2, 0) is 6.42 Å². The molecule has 0 saturated heterocycles. The summed E-state index contributed by atoms with van der Waals surface area (Å²) in [4.78, 5) is 0. The second-order valence-electron chi connectivity index (χ2n) is 4.78. The highest BCUT2D eigenvalue weighted by atomic mass is 19.1. The highest BCUT2D eigenvalue weighted by Gasteiger charge is 2.32. The van der Waals surface area contributed by atoms with Gasteiger partial charge < -0.3 is 10.1 Å². The van der Waals surface area contributed by atoms with Crippen molar-refractivity contribution in [3.8, 4) is 5.75 Å². The third-order valence-electron chi connectivity index (χ3n) is 3.58. The largest absolute Gasteiger partial charge is 0.488 e. The summed E-state index contributed by atoms with van der Waals surface area (Å²) in [5, 5.41) is 3.29. The molecule has 0 saturated carbocycles. The lowest BCUT2D eigenvalue weighted by Gasteiger charge is -2.21. The summed E-state index contributed by atoms with van der Waals surface area (Å²) in [6.45, 7) is 0. The molecule has 0 aromatic heterocycles. The fourth-order valence-corrected chi connectivity index (χ4v) is 2.72. The van der Waals surface area contributed by atoms with E-state index in [1.807, 2.05) is 19.2 Å². The van der Waals surface area contributed by atoms with Gasteiger partial charge in [0.1, 0.15) is 17.7 Å². The van der Waals surface area contributed by atoms with E-state index in [2.05, 4.69) is 17.4 Å². The molecule has 1 aliphatic rings. The predicted octanol–water partition coefficient (Wildman–Crippen LogP) is 3.09. The smallest absolute Gasteiger partial charge is 0.126 e. The standard InChI is InChI=1S/C16H16FNO/c1-18-16-14-8-3-2-5-11(14)9-15(16)19-13-7-4-6-12(17)10-13/h2-8,10,15-16,18H,9H2,1H3. The molecule has 2 atom stereocenters. The molecule has 3 rings (SSSR count). The minimum absolute atomic E-state index is 0.00389. The molecule has 19 heavy (non-hydrogen) atoms. The van der Waals surface area contributed by atoms with Crippen LogP contribution in [0.5, 0.6) is 5.75 Å². The maximum Gasteiger partial charge on any atom is 0.126 e. The summed E-state index contributed by atoms with van der Waals surface area (Å²) >= 11 is 0. The lowest BCUT2D eigenvalue weighted by molar-refractivity contribution is 0.170. The number of likely N-dealkylation sites (N-methyl/N-ethyl adjacent to an activating group) is 1. The fourth-order valence-electron chi connectivity index (χ4n) is 2.72. The Labute approximate surface area is 112 Å². The Morgan fingerprint density at radius 2 is 2.00 bits per heavy atom. The molecule has 2 nitrogen and oxygen atoms in total. The van der Waals surface area contributed by atoms with Crippen LogP contribution in [-0.4, -0.2) is 13.2 Å². The van der Waals surface area contributed by atoms with E-state index >= 15 is 0 Å². The van der Waals surface area contributed by atoms with Gasteiger partial charge in [0.2, 0.25) is 0 Å². The lowest BCUT2D eigenvalue weighted by Crippen LogP contribution is -2.30. The molecular weight excluding hydrogens is 241 g/mol. The Hall–Kier alpha value is -1.87. The van der Waals surface area contributed by atoms with E-state index in [0.29, 0.717) is 5.75 Å². The number of rotatable bonds is 3. The first-order chi connectivity index (χ1) is 9.28. The van der Waals surface area contributed by atoms with Gasteiger partial charge in [-0.1, -0.05) is 30.3 Å². The van der Waals surface area contributed by atoms with Crippen molar-refractivity contribution in [1.29, 1.82) is 0 Å². The number of benzene rings is 2. The van der Waals surface area contributed by atoms with Gasteiger partial charge >= 0.3 is 0 Å². The van der Waals surface area contributed by atoms with Crippen LogP contribution in [0.3, 0.4) is 0 Å². The Balaban J connectivity index is 1.83. The number of ether oxygens (including phenoxy) is 1. The average molecular weight is 257 g/mol. The summed E-state index contributed by atoms with van der Waals surface area (Å²) in [6, 6.07) is 14.8. The Bertz CT molecular complexity index is 584. The van der Waals surface area contributed by atoms with E-state index < -0.39 is 0 Å². The van der Waals surface area contributed by atoms with Gasteiger partial charge in [0.25, 0.3) is 0 Å². The van der Waals surface area contributed by atoms with Crippen LogP contribution in [0.1, 0.15) is 17.2 Å². The fraction of sp³-hybridized carbons (Fsp3) is 0.250. The number of hydrogen-bond acceptors (Lipinski definition) is 2. The van der Waals surface area contributed by atoms with Crippen molar-refractivity contribution in [2.45, 2.75) is 18.6 Å². The van der Waals surface area contributed by atoms with E-state index in [9.17, 15) is 4.39 Å². The van der Waals surface area contributed by atoms with Crippen molar-refractivity contribution in [2.75, 3.05) is 7.05 Å². The monoisotopic (exact) mass is 257 g/mol. The quantitative estimate of drug-likeness (QED) is 0.912. The second-order valence-corrected chi connectivity index (χ2v) is 4.78. The molecule has 1 aliphatic carbocycles. The Morgan fingerprint density at radius 1 is 1.16 bits per heavy atom. The lowest BCUT2D eigenvalue weighted by atomic mass is 10.1. The van der Waals surface area contributed by atoms with Crippen LogP contribution in [0.2, 0.25) is 0 Å². The molecule has 0 aliphatic heterocycles. The predicted molar refractivity (Wildman–Crippen MR) is 72.8 cm³/mol. The zero-order chi connectivity index (χ0) is 13.2. The third kappa shape index (κ3) is 2.34. The van der Waals surface area contributed by atoms with Gasteiger partial charge in [0.15, 0.2) is 0 Å². The van der Waals surface area contributed by atoms with Crippen molar-refractivity contribution < 1.29 is 9.13 Å². The summed E-state index contributed by atoms with van der Waals surface area (Å²) < 4.78 is 19.1. The van der Waals surface area contributed by atoms with Crippen LogP contribution in [0.15, 0.2) is 48.5 Å². The van der Waals surface area contributed by atoms with Gasteiger partial charge in [-0.05, 0) is 30.3 Å². The minimum atomic E-state index is -0.269. The SMILES string of the molecule is CNC1c2ccccc2CC1Oc1cccc(F)c1. The van der Waals surface area contributed by atoms with Crippen LogP contribution in [0.25, 0.3) is 0 Å². The number of nitrogens with one attached hydrogen (secondary N) is 1. The van der Waals surface area contributed by atoms with E-state index in [0.717, 1.165) is 6.42 Å². The Morgan fingerprint density at radius 3 is 2.79 bits per heavy atom. The van der Waals surface area contributed by atoms with Crippen molar-refractivity contribution in [2.24, 2.45) is 0 Å². The topological polar surface area (TPSA) is 21.3 Å². The summed E-state index contributed by atoms with van der Waals surface area (Å²) in [5.74, 6) is 0.312. The molecule has 2 unspecified atom stereocenters. The van der Waals surface area contributed by atoms with Gasteiger partial charge in [-0.2, -0.15) is 0 Å². The molecule has 3 heteroatoms. The zero-order valence-corrected chi connectivity index (χ0v) is 10.8. The van der Waals surface area contributed by atoms with Crippen molar-refractivity contribution in [3.63, 3.8) is 0 Å². The van der Waals surface area contributed by atoms with E-state index in [1.54, 1.807) is 12.1 Å². The Kier molecular flexibility index (Phi) is 3.22. The second kappa shape index (κ2) is 5.02. The number of halogens is 1. The van der Waals surface area contributed by atoms with Crippen molar-refractivity contribution >= 4 is 0 Å². The minimum Gasteiger partial charge on any atom is -0.488 e. The first-order valence-electron chi connectivity index (χ1n) is 6.45. The molecule has 1 N–H and O–H groups in total. The summed E-state index contributed by atoms with van der Waals surface area (Å²) in [6.07, 6.45) is 0.849. The molecule has 0 radical (unpaired) electrons. The number of hydrogen-bond donors (Lipinski definition) is 1. The van der Waals surface area contributed by atoms with Gasteiger partial charge in [-0.15, -0.1) is 0 Å². The van der Waals surface area contributed by atoms with Gasteiger partial charge in [0.05, 0.1) is 6.04 Å². The summed E-state index contributed by atoms with van der Waals surface area (Å²) in [7, 11) is 1.93. The average Bonchev–Trinajstić information content (AvgIpc) is 2.75. The highest BCUT2D eigenvalue weighted by Crippen LogP contribution is 2.33. The van der Waals surface area contributed by atoms with Crippen molar-refractivity contribution in [3.05, 3.63) is 65.5 Å². The highest BCUT2D eigenvalue weighted by molar-refractivity contribution is 5.37. The van der Waals surface area contributed by atoms with Crippen LogP contribution >= 0.6 is 0 Å². The van der Waals surface area contributed by atoms with Gasteiger partial charge in [-0.3, -0.25) is 0 Å². The van der Waals surface area contributed by atoms with Gasteiger partial charge in [0, 0.05) is 12.5 Å². The van der Waals surface area contributed by atoms with E-state index in [1.165, 1.54) is 23.3 Å². The number of fused-ring (bicyclic) bond motifs is 1. The molecule has 0 fully saturated rings. The molecule has 0 heterocycles. The first-order valence-corrected chi connectivity index (χ1v) is 6.45. The third-order valence-corrected chi connectivity index (χ3v) is 3.58. The zero-order valence-electron chi connectivity index (χ0n) is 10.8.